The van der Waals surface area contributed by atoms with Crippen LogP contribution in [-0.4, -0.2) is 60.9 Å². The molecule has 3 fully saturated rings. The summed E-state index contributed by atoms with van der Waals surface area (Å²) in [5.41, 5.74) is 1.64. The van der Waals surface area contributed by atoms with Gasteiger partial charge in [-0.05, 0) is 30.9 Å². The van der Waals surface area contributed by atoms with Crippen molar-refractivity contribution in [2.24, 2.45) is 23.2 Å². The van der Waals surface area contributed by atoms with Gasteiger partial charge >= 0.3 is 5.97 Å². The molecule has 0 unspecified atom stereocenters. The van der Waals surface area contributed by atoms with E-state index < -0.39 is 6.10 Å². The Morgan fingerprint density at radius 1 is 1.23 bits per heavy atom. The predicted molar refractivity (Wildman–Crippen MR) is 117 cm³/mol. The highest BCUT2D eigenvalue weighted by atomic mass is 19.1. The molecule has 2 aliphatic carbocycles. The summed E-state index contributed by atoms with van der Waals surface area (Å²) in [4.78, 5) is 17.2. The maximum atomic E-state index is 14.1. The lowest BCUT2D eigenvalue weighted by atomic mass is 9.55. The average Bonchev–Trinajstić information content (AvgIpc) is 3.06. The first-order valence-corrected chi connectivity index (χ1v) is 11.7. The van der Waals surface area contributed by atoms with E-state index in [1.54, 1.807) is 6.07 Å². The third-order valence-electron chi connectivity index (χ3n) is 8.59. The number of halogens is 1. The third kappa shape index (κ3) is 3.39. The SMILES string of the molecule is C[C@H]1CCC=C2C[C@H]3OC(=O)[C@H](CN4CCN(c5ccccc5F)CC4)[C@@H]3[C@H](O)[C@@]21C. The number of carbonyl (C=O) groups is 1. The molecule has 6 atom stereocenters. The predicted octanol–water partition coefficient (Wildman–Crippen LogP) is 3.23. The van der Waals surface area contributed by atoms with E-state index in [1.807, 2.05) is 12.1 Å². The Kier molecular flexibility index (Phi) is 5.33. The maximum Gasteiger partial charge on any atom is 0.311 e. The van der Waals surface area contributed by atoms with E-state index in [9.17, 15) is 14.3 Å². The zero-order chi connectivity index (χ0) is 21.8. The van der Waals surface area contributed by atoms with Crippen LogP contribution in [0.3, 0.4) is 0 Å². The Labute approximate surface area is 183 Å². The van der Waals surface area contributed by atoms with E-state index in [1.165, 1.54) is 11.6 Å². The van der Waals surface area contributed by atoms with Crippen molar-refractivity contribution in [3.63, 3.8) is 0 Å². The second-order valence-electron chi connectivity index (χ2n) is 10.0. The molecule has 0 radical (unpaired) electrons. The number of benzene rings is 1. The van der Waals surface area contributed by atoms with Gasteiger partial charge in [-0.15, -0.1) is 0 Å². The van der Waals surface area contributed by atoms with Gasteiger partial charge in [0, 0.05) is 50.5 Å². The topological polar surface area (TPSA) is 53.0 Å². The van der Waals surface area contributed by atoms with Crippen LogP contribution in [0.25, 0.3) is 0 Å². The zero-order valence-corrected chi connectivity index (χ0v) is 18.5. The molecule has 2 heterocycles. The molecule has 2 aliphatic heterocycles. The molecular weight excluding hydrogens is 395 g/mol. The summed E-state index contributed by atoms with van der Waals surface area (Å²) >= 11 is 0. The number of aliphatic hydroxyl groups excluding tert-OH is 1. The molecule has 0 amide bonds. The van der Waals surface area contributed by atoms with Crippen LogP contribution in [0.5, 0.6) is 0 Å². The van der Waals surface area contributed by atoms with Gasteiger partial charge < -0.3 is 14.7 Å². The fraction of sp³-hybridized carbons (Fsp3) is 0.640. The summed E-state index contributed by atoms with van der Waals surface area (Å²) in [5.74, 6) is -0.417. The number of aliphatic hydroxyl groups is 1. The Hall–Kier alpha value is -1.92. The molecule has 1 saturated carbocycles. The second-order valence-corrected chi connectivity index (χ2v) is 10.0. The molecule has 5 rings (SSSR count). The number of allylic oxidation sites excluding steroid dienone is 1. The van der Waals surface area contributed by atoms with Gasteiger partial charge in [0.1, 0.15) is 11.9 Å². The number of para-hydroxylation sites is 1. The van der Waals surface area contributed by atoms with E-state index >= 15 is 0 Å². The lowest BCUT2D eigenvalue weighted by Gasteiger charge is -2.52. The number of anilines is 1. The van der Waals surface area contributed by atoms with Crippen LogP contribution in [0.2, 0.25) is 0 Å². The number of carbonyl (C=O) groups excluding carboxylic acids is 1. The number of esters is 1. The number of fused-ring (bicyclic) bond motifs is 2. The minimum Gasteiger partial charge on any atom is -0.461 e. The van der Waals surface area contributed by atoms with Crippen LogP contribution in [0.4, 0.5) is 10.1 Å². The first-order valence-electron chi connectivity index (χ1n) is 11.7. The normalized spacial score (nSPS) is 38.3. The van der Waals surface area contributed by atoms with Crippen LogP contribution in [0, 0.1) is 29.0 Å². The fourth-order valence-electron chi connectivity index (χ4n) is 6.43. The zero-order valence-electron chi connectivity index (χ0n) is 18.5. The van der Waals surface area contributed by atoms with E-state index in [0.717, 1.165) is 45.4 Å². The molecule has 0 spiro atoms. The van der Waals surface area contributed by atoms with Crippen LogP contribution >= 0.6 is 0 Å². The standard InChI is InChI=1S/C25H33FN2O3/c1-16-6-5-7-17-14-21-22(23(29)25(16,17)2)18(24(30)31-21)15-27-10-12-28(13-11-27)20-9-4-3-8-19(20)26/h3-4,7-9,16,18,21-23,29H,5-6,10-15H2,1-2H3/t16-,18+,21+,22-,23-,25+/m0/s1. The van der Waals surface area contributed by atoms with E-state index in [-0.39, 0.29) is 35.1 Å². The number of piperazine rings is 1. The minimum atomic E-state index is -0.566. The van der Waals surface area contributed by atoms with Crippen LogP contribution < -0.4 is 4.90 Å². The lowest BCUT2D eigenvalue weighted by Crippen LogP contribution is -2.55. The molecule has 0 bridgehead atoms. The summed E-state index contributed by atoms with van der Waals surface area (Å²) in [7, 11) is 0. The van der Waals surface area contributed by atoms with Gasteiger partial charge in [-0.25, -0.2) is 4.39 Å². The van der Waals surface area contributed by atoms with Crippen molar-refractivity contribution in [1.82, 2.24) is 4.90 Å². The first kappa shape index (κ1) is 21.0. The Morgan fingerprint density at radius 2 is 1.97 bits per heavy atom. The quantitative estimate of drug-likeness (QED) is 0.592. The Bertz CT molecular complexity index is 881. The summed E-state index contributed by atoms with van der Waals surface area (Å²) in [5, 5.41) is 11.5. The van der Waals surface area contributed by atoms with E-state index in [4.69, 9.17) is 4.74 Å². The highest BCUT2D eigenvalue weighted by Crippen LogP contribution is 2.56. The number of hydrogen-bond donors (Lipinski definition) is 1. The Balaban J connectivity index is 1.28. The van der Waals surface area contributed by atoms with Crippen molar-refractivity contribution in [3.8, 4) is 0 Å². The molecule has 1 N–H and O–H groups in total. The van der Waals surface area contributed by atoms with E-state index in [2.05, 4.69) is 29.7 Å². The van der Waals surface area contributed by atoms with Crippen molar-refractivity contribution in [3.05, 3.63) is 41.7 Å². The third-order valence-corrected chi connectivity index (χ3v) is 8.59. The van der Waals surface area contributed by atoms with Gasteiger partial charge in [-0.2, -0.15) is 0 Å². The van der Waals surface area contributed by atoms with Gasteiger partial charge in [0.25, 0.3) is 0 Å². The van der Waals surface area contributed by atoms with Crippen molar-refractivity contribution in [2.75, 3.05) is 37.6 Å². The number of nitrogens with zero attached hydrogens (tertiary/aromatic N) is 2. The highest BCUT2D eigenvalue weighted by Gasteiger charge is 2.59. The summed E-state index contributed by atoms with van der Waals surface area (Å²) in [6.07, 6.45) is 4.36. The van der Waals surface area contributed by atoms with Crippen molar-refractivity contribution in [1.29, 1.82) is 0 Å². The second kappa shape index (κ2) is 7.89. The molecule has 1 aromatic rings. The molecule has 5 nitrogen and oxygen atoms in total. The molecular formula is C25H33FN2O3. The molecule has 1 aromatic carbocycles. The maximum absolute atomic E-state index is 14.1. The van der Waals surface area contributed by atoms with Gasteiger partial charge in [0.05, 0.1) is 17.7 Å². The smallest absolute Gasteiger partial charge is 0.311 e. The van der Waals surface area contributed by atoms with Gasteiger partial charge in [0.15, 0.2) is 0 Å². The van der Waals surface area contributed by atoms with E-state index in [0.29, 0.717) is 18.2 Å². The summed E-state index contributed by atoms with van der Waals surface area (Å²) in [6.45, 7) is 7.99. The fourth-order valence-corrected chi connectivity index (χ4v) is 6.43. The largest absolute Gasteiger partial charge is 0.461 e. The van der Waals surface area contributed by atoms with Gasteiger partial charge in [-0.3, -0.25) is 9.69 Å². The Morgan fingerprint density at radius 3 is 2.71 bits per heavy atom. The van der Waals surface area contributed by atoms with Crippen molar-refractivity contribution in [2.45, 2.75) is 45.3 Å². The molecule has 6 heteroatoms. The highest BCUT2D eigenvalue weighted by molar-refractivity contribution is 5.76. The summed E-state index contributed by atoms with van der Waals surface area (Å²) in [6, 6.07) is 6.89. The molecule has 31 heavy (non-hydrogen) atoms. The summed E-state index contributed by atoms with van der Waals surface area (Å²) < 4.78 is 19.9. The van der Waals surface area contributed by atoms with Gasteiger partial charge in [0.2, 0.25) is 0 Å². The number of ether oxygens (including phenoxy) is 1. The van der Waals surface area contributed by atoms with Crippen molar-refractivity contribution >= 4 is 11.7 Å². The molecule has 2 saturated heterocycles. The average molecular weight is 429 g/mol. The van der Waals surface area contributed by atoms with Crippen LogP contribution in [0.1, 0.15) is 33.1 Å². The first-order chi connectivity index (χ1) is 14.9. The number of rotatable bonds is 3. The molecule has 4 aliphatic rings. The minimum absolute atomic E-state index is 0.153. The van der Waals surface area contributed by atoms with Crippen LogP contribution in [-0.2, 0) is 9.53 Å². The molecule has 168 valence electrons. The molecule has 0 aromatic heterocycles. The van der Waals surface area contributed by atoms with Crippen LogP contribution in [0.15, 0.2) is 35.9 Å². The van der Waals surface area contributed by atoms with Crippen molar-refractivity contribution < 1.29 is 19.0 Å². The number of hydrogen-bond acceptors (Lipinski definition) is 5. The van der Waals surface area contributed by atoms with Gasteiger partial charge in [-0.1, -0.05) is 37.6 Å². The lowest BCUT2D eigenvalue weighted by molar-refractivity contribution is -0.145. The monoisotopic (exact) mass is 428 g/mol.